The van der Waals surface area contributed by atoms with Crippen LogP contribution in [0, 0.1) is 12.8 Å². The highest BCUT2D eigenvalue weighted by atomic mass is 35.5. The van der Waals surface area contributed by atoms with Gasteiger partial charge in [0, 0.05) is 22.2 Å². The molecule has 0 aromatic carbocycles. The molecule has 0 bridgehead atoms. The number of nitrogens with one attached hydrogen (secondary N) is 1. The summed E-state index contributed by atoms with van der Waals surface area (Å²) in [4.78, 5) is 17.2. The van der Waals surface area contributed by atoms with Crippen LogP contribution in [-0.2, 0) is 11.3 Å². The number of amides is 1. The average molecular weight is 345 g/mol. The second-order valence-corrected chi connectivity index (χ2v) is 7.73. The summed E-state index contributed by atoms with van der Waals surface area (Å²) in [6.45, 7) is 9.34. The molecule has 0 radical (unpaired) electrons. The molecule has 0 saturated carbocycles. The molecule has 1 fully saturated rings. The van der Waals surface area contributed by atoms with E-state index in [0.717, 1.165) is 32.0 Å². The largest absolute Gasteiger partial charge is 0.335 e. The first-order chi connectivity index (χ1) is 10.1. The van der Waals surface area contributed by atoms with Gasteiger partial charge in [-0.1, -0.05) is 0 Å². The van der Waals surface area contributed by atoms with Gasteiger partial charge in [0.1, 0.15) is 0 Å². The number of nitrogens with zero attached hydrogens (tertiary/aromatic N) is 1. The number of rotatable bonds is 6. The Hall–Kier alpha value is -0.580. The van der Waals surface area contributed by atoms with E-state index in [0.29, 0.717) is 12.3 Å². The van der Waals surface area contributed by atoms with Gasteiger partial charge < -0.3 is 10.2 Å². The predicted molar refractivity (Wildman–Crippen MR) is 96.8 cm³/mol. The van der Waals surface area contributed by atoms with Crippen LogP contribution in [0.4, 0.5) is 0 Å². The molecule has 0 unspecified atom stereocenters. The second-order valence-electron chi connectivity index (χ2n) is 6.36. The standard InChI is InChI=1S/C17H28N2OS.ClH/c1-13(2)19(12-16-6-4-14(3)21-16)17(20)7-5-15-8-10-18-11-9-15;/h4,6,13,15,18H,5,7-12H2,1-3H3;1H. The number of hydrogen-bond acceptors (Lipinski definition) is 3. The molecular formula is C17H29ClN2OS. The molecule has 1 saturated heterocycles. The molecule has 0 spiro atoms. The molecule has 1 aromatic rings. The summed E-state index contributed by atoms with van der Waals surface area (Å²) >= 11 is 1.79. The lowest BCUT2D eigenvalue weighted by atomic mass is 9.93. The van der Waals surface area contributed by atoms with E-state index in [1.165, 1.54) is 22.6 Å². The molecule has 126 valence electrons. The zero-order valence-corrected chi connectivity index (χ0v) is 15.6. The van der Waals surface area contributed by atoms with Crippen molar-refractivity contribution >= 4 is 29.7 Å². The van der Waals surface area contributed by atoms with Crippen LogP contribution in [0.25, 0.3) is 0 Å². The Morgan fingerprint density at radius 3 is 2.59 bits per heavy atom. The minimum absolute atomic E-state index is 0. The monoisotopic (exact) mass is 344 g/mol. The van der Waals surface area contributed by atoms with Gasteiger partial charge in [-0.05, 0) is 71.2 Å². The number of hydrogen-bond donors (Lipinski definition) is 1. The van der Waals surface area contributed by atoms with E-state index in [2.05, 4.69) is 38.2 Å². The fraction of sp³-hybridized carbons (Fsp3) is 0.706. The second kappa shape index (κ2) is 9.53. The fourth-order valence-corrected chi connectivity index (χ4v) is 3.83. The Morgan fingerprint density at radius 2 is 2.05 bits per heavy atom. The van der Waals surface area contributed by atoms with E-state index in [1.54, 1.807) is 11.3 Å². The Bertz CT molecular complexity index is 455. The highest BCUT2D eigenvalue weighted by Gasteiger charge is 2.20. The molecule has 5 heteroatoms. The molecule has 22 heavy (non-hydrogen) atoms. The van der Waals surface area contributed by atoms with Gasteiger partial charge in [0.25, 0.3) is 0 Å². The Kier molecular flexibility index (Phi) is 8.44. The summed E-state index contributed by atoms with van der Waals surface area (Å²) in [5.74, 6) is 1.04. The molecule has 1 aliphatic rings. The van der Waals surface area contributed by atoms with Crippen LogP contribution in [-0.4, -0.2) is 29.9 Å². The van der Waals surface area contributed by atoms with Gasteiger partial charge in [-0.3, -0.25) is 4.79 Å². The number of aryl methyl sites for hydroxylation is 1. The number of halogens is 1. The van der Waals surface area contributed by atoms with Crippen LogP contribution in [0.5, 0.6) is 0 Å². The van der Waals surface area contributed by atoms with Gasteiger partial charge in [-0.2, -0.15) is 0 Å². The first kappa shape index (κ1) is 19.5. The van der Waals surface area contributed by atoms with Gasteiger partial charge in [0.2, 0.25) is 5.91 Å². The van der Waals surface area contributed by atoms with Crippen LogP contribution in [0.2, 0.25) is 0 Å². The van der Waals surface area contributed by atoms with E-state index in [1.807, 2.05) is 4.90 Å². The molecule has 2 heterocycles. The predicted octanol–water partition coefficient (Wildman–Crippen LogP) is 4.00. The summed E-state index contributed by atoms with van der Waals surface area (Å²) in [6.07, 6.45) is 4.19. The summed E-state index contributed by atoms with van der Waals surface area (Å²) in [5.41, 5.74) is 0. The van der Waals surface area contributed by atoms with Gasteiger partial charge in [-0.15, -0.1) is 23.7 Å². The third-order valence-electron chi connectivity index (χ3n) is 4.29. The molecule has 0 aliphatic carbocycles. The summed E-state index contributed by atoms with van der Waals surface area (Å²) < 4.78 is 0. The average Bonchev–Trinajstić information content (AvgIpc) is 2.88. The first-order valence-corrected chi connectivity index (χ1v) is 8.93. The number of piperidine rings is 1. The Balaban J connectivity index is 0.00000242. The zero-order valence-electron chi connectivity index (χ0n) is 13.9. The third kappa shape index (κ3) is 5.90. The van der Waals surface area contributed by atoms with Crippen molar-refractivity contribution < 1.29 is 4.79 Å². The van der Waals surface area contributed by atoms with Gasteiger partial charge in [0.05, 0.1) is 6.54 Å². The number of carbonyl (C=O) groups is 1. The van der Waals surface area contributed by atoms with E-state index < -0.39 is 0 Å². The minimum atomic E-state index is 0. The van der Waals surface area contributed by atoms with Crippen molar-refractivity contribution in [2.45, 2.75) is 59.0 Å². The van der Waals surface area contributed by atoms with E-state index in [-0.39, 0.29) is 18.4 Å². The Morgan fingerprint density at radius 1 is 1.36 bits per heavy atom. The van der Waals surface area contributed by atoms with Gasteiger partial charge in [-0.25, -0.2) is 0 Å². The van der Waals surface area contributed by atoms with Gasteiger partial charge in [0.15, 0.2) is 0 Å². The lowest BCUT2D eigenvalue weighted by Crippen LogP contribution is -2.36. The van der Waals surface area contributed by atoms with E-state index >= 15 is 0 Å². The topological polar surface area (TPSA) is 32.3 Å². The molecule has 1 N–H and O–H groups in total. The van der Waals surface area contributed by atoms with Crippen molar-refractivity contribution in [3.63, 3.8) is 0 Å². The molecule has 3 nitrogen and oxygen atoms in total. The van der Waals surface area contributed by atoms with E-state index in [4.69, 9.17) is 0 Å². The maximum Gasteiger partial charge on any atom is 0.223 e. The minimum Gasteiger partial charge on any atom is -0.335 e. The van der Waals surface area contributed by atoms with Crippen molar-refractivity contribution in [1.82, 2.24) is 10.2 Å². The fourth-order valence-electron chi connectivity index (χ4n) is 2.94. The summed E-state index contributed by atoms with van der Waals surface area (Å²) in [6, 6.07) is 4.56. The lowest BCUT2D eigenvalue weighted by Gasteiger charge is -2.28. The molecule has 0 atom stereocenters. The molecule has 2 rings (SSSR count). The quantitative estimate of drug-likeness (QED) is 0.846. The van der Waals surface area contributed by atoms with Crippen molar-refractivity contribution in [1.29, 1.82) is 0 Å². The molecule has 1 aliphatic heterocycles. The summed E-state index contributed by atoms with van der Waals surface area (Å²) in [7, 11) is 0. The van der Waals surface area contributed by atoms with Crippen molar-refractivity contribution in [2.75, 3.05) is 13.1 Å². The highest BCUT2D eigenvalue weighted by molar-refractivity contribution is 7.11. The zero-order chi connectivity index (χ0) is 15.2. The van der Waals surface area contributed by atoms with Crippen molar-refractivity contribution in [3.05, 3.63) is 21.9 Å². The third-order valence-corrected chi connectivity index (χ3v) is 5.28. The van der Waals surface area contributed by atoms with Crippen LogP contribution in [0.3, 0.4) is 0 Å². The summed E-state index contributed by atoms with van der Waals surface area (Å²) in [5, 5.41) is 3.38. The number of carbonyl (C=O) groups excluding carboxylic acids is 1. The maximum absolute atomic E-state index is 12.6. The normalized spacial score (nSPS) is 15.6. The molecule has 1 amide bonds. The number of thiophene rings is 1. The smallest absolute Gasteiger partial charge is 0.223 e. The van der Waals surface area contributed by atoms with Crippen molar-refractivity contribution in [2.24, 2.45) is 5.92 Å². The lowest BCUT2D eigenvalue weighted by molar-refractivity contribution is -0.133. The maximum atomic E-state index is 12.6. The SMILES string of the molecule is Cc1ccc(CN(C(=O)CCC2CCNCC2)C(C)C)s1.Cl. The molecular weight excluding hydrogens is 316 g/mol. The first-order valence-electron chi connectivity index (χ1n) is 8.11. The Labute approximate surface area is 144 Å². The highest BCUT2D eigenvalue weighted by Crippen LogP contribution is 2.22. The molecule has 1 aromatic heterocycles. The van der Waals surface area contributed by atoms with Crippen LogP contribution >= 0.6 is 23.7 Å². The van der Waals surface area contributed by atoms with E-state index in [9.17, 15) is 4.79 Å². The van der Waals surface area contributed by atoms with Crippen LogP contribution in [0.15, 0.2) is 12.1 Å². The van der Waals surface area contributed by atoms with Crippen LogP contribution < -0.4 is 5.32 Å². The van der Waals surface area contributed by atoms with Crippen molar-refractivity contribution in [3.8, 4) is 0 Å². The van der Waals surface area contributed by atoms with Crippen LogP contribution in [0.1, 0.15) is 49.3 Å². The van der Waals surface area contributed by atoms with Gasteiger partial charge >= 0.3 is 0 Å².